The van der Waals surface area contributed by atoms with E-state index < -0.39 is 56.5 Å². The highest BCUT2D eigenvalue weighted by Crippen LogP contribution is 2.70. The van der Waals surface area contributed by atoms with Crippen LogP contribution in [0.5, 0.6) is 0 Å². The fourth-order valence-corrected chi connectivity index (χ4v) is 7.66. The van der Waals surface area contributed by atoms with Crippen LogP contribution in [0.25, 0.3) is 0 Å². The molecule has 0 radical (unpaired) electrons. The number of phosphoric acid groups is 4. The molecule has 0 aliphatic heterocycles. The van der Waals surface area contributed by atoms with Gasteiger partial charge in [-0.15, -0.1) is 0 Å². The van der Waals surface area contributed by atoms with Crippen molar-refractivity contribution in [3.63, 3.8) is 0 Å². The molecule has 0 spiro atoms. The molecule has 0 amide bonds. The van der Waals surface area contributed by atoms with Crippen LogP contribution in [0.2, 0.25) is 0 Å². The fraction of sp³-hybridized carbons (Fsp3) is 1.00. The van der Waals surface area contributed by atoms with Crippen molar-refractivity contribution in [3.05, 3.63) is 0 Å². The zero-order valence-corrected chi connectivity index (χ0v) is 25.0. The Morgan fingerprint density at radius 1 is 0.579 bits per heavy atom. The van der Waals surface area contributed by atoms with Crippen LogP contribution in [0, 0.1) is 5.41 Å². The van der Waals surface area contributed by atoms with Gasteiger partial charge in [-0.25, -0.2) is 18.3 Å². The quantitative estimate of drug-likeness (QED) is 0.0555. The molecule has 7 N–H and O–H groups in total. The lowest BCUT2D eigenvalue weighted by Crippen LogP contribution is -2.39. The summed E-state index contributed by atoms with van der Waals surface area (Å²) < 4.78 is 66.2. The number of hydrogen-bond donors (Lipinski definition) is 7. The van der Waals surface area contributed by atoms with Crippen molar-refractivity contribution in [2.24, 2.45) is 5.41 Å². The van der Waals surface area contributed by atoms with Crippen LogP contribution in [0.3, 0.4) is 0 Å². The molecule has 38 heavy (non-hydrogen) atoms. The number of ether oxygens (including phenoxy) is 1. The monoisotopic (exact) mass is 638 g/mol. The van der Waals surface area contributed by atoms with Gasteiger partial charge >= 0.3 is 31.3 Å². The van der Waals surface area contributed by atoms with Gasteiger partial charge in [-0.1, -0.05) is 71.1 Å². The SMILES string of the molecule is CCCCCCCCCCCCCOCC(CO)(CO)COP(=O)(O)OP(=O)(O)OP(=O)(O)OP(=O)(O)O. The minimum Gasteiger partial charge on any atom is -0.396 e. The summed E-state index contributed by atoms with van der Waals surface area (Å²) in [5.74, 6) is 0. The van der Waals surface area contributed by atoms with Crippen molar-refractivity contribution in [1.29, 1.82) is 0 Å². The van der Waals surface area contributed by atoms with E-state index in [0.717, 1.165) is 19.3 Å². The maximum atomic E-state index is 12.0. The number of phosphoric ester groups is 1. The Bertz CT molecular complexity index is 829. The van der Waals surface area contributed by atoms with E-state index in [2.05, 4.69) is 24.4 Å². The number of aliphatic hydroxyl groups excluding tert-OH is 2. The van der Waals surface area contributed by atoms with E-state index in [0.29, 0.717) is 6.42 Å². The Balaban J connectivity index is 4.46. The van der Waals surface area contributed by atoms with Gasteiger partial charge in [0.15, 0.2) is 0 Å². The first-order valence-corrected chi connectivity index (χ1v) is 18.1. The Hall–Kier alpha value is 0.440. The van der Waals surface area contributed by atoms with E-state index in [9.17, 15) is 38.3 Å². The third-order valence-corrected chi connectivity index (χ3v) is 10.6. The van der Waals surface area contributed by atoms with Gasteiger partial charge in [0.25, 0.3) is 0 Å². The third-order valence-electron chi connectivity index (χ3n) is 5.13. The lowest BCUT2D eigenvalue weighted by Gasteiger charge is -2.29. The highest BCUT2D eigenvalue weighted by Gasteiger charge is 2.45. The second-order valence-electron chi connectivity index (χ2n) is 8.82. The van der Waals surface area contributed by atoms with Gasteiger partial charge < -0.3 is 39.4 Å². The molecule has 16 nitrogen and oxygen atoms in total. The van der Waals surface area contributed by atoms with Crippen molar-refractivity contribution < 1.29 is 75.1 Å². The molecule has 3 atom stereocenters. The summed E-state index contributed by atoms with van der Waals surface area (Å²) in [7, 11) is -23.1. The first kappa shape index (κ1) is 38.4. The Morgan fingerprint density at radius 3 is 1.45 bits per heavy atom. The van der Waals surface area contributed by atoms with Crippen molar-refractivity contribution in [1.82, 2.24) is 0 Å². The summed E-state index contributed by atoms with van der Waals surface area (Å²) in [6, 6.07) is 0. The fourth-order valence-electron chi connectivity index (χ4n) is 3.10. The summed E-state index contributed by atoms with van der Waals surface area (Å²) in [6.07, 6.45) is 12.4. The molecule has 0 saturated heterocycles. The molecule has 0 aromatic heterocycles. The highest BCUT2D eigenvalue weighted by atomic mass is 31.3. The molecule has 0 aromatic carbocycles. The number of unbranched alkanes of at least 4 members (excludes halogenated alkanes) is 10. The van der Waals surface area contributed by atoms with Crippen molar-refractivity contribution >= 4 is 31.3 Å². The van der Waals surface area contributed by atoms with Gasteiger partial charge in [0.2, 0.25) is 0 Å². The minimum absolute atomic E-state index is 0.275. The topological polar surface area (TPSA) is 256 Å². The van der Waals surface area contributed by atoms with Gasteiger partial charge in [0, 0.05) is 6.61 Å². The summed E-state index contributed by atoms with van der Waals surface area (Å²) in [4.78, 5) is 45.1. The normalized spacial score (nSPS) is 17.6. The minimum atomic E-state index is -5.95. The zero-order chi connectivity index (χ0) is 29.3. The van der Waals surface area contributed by atoms with Crippen LogP contribution in [-0.4, -0.2) is 67.7 Å². The first-order valence-electron chi connectivity index (χ1n) is 12.1. The number of rotatable bonds is 25. The number of hydrogen-bond acceptors (Lipinski definition) is 11. The molecule has 20 heteroatoms. The van der Waals surface area contributed by atoms with Crippen molar-refractivity contribution in [3.8, 4) is 0 Å². The Labute approximate surface area is 222 Å². The molecule has 0 fully saturated rings. The Morgan fingerprint density at radius 2 is 1.00 bits per heavy atom. The van der Waals surface area contributed by atoms with Crippen LogP contribution in [0.15, 0.2) is 0 Å². The van der Waals surface area contributed by atoms with Gasteiger partial charge in [0.05, 0.1) is 31.8 Å². The van der Waals surface area contributed by atoms with Crippen LogP contribution >= 0.6 is 31.3 Å². The predicted molar refractivity (Wildman–Crippen MR) is 135 cm³/mol. The van der Waals surface area contributed by atoms with Gasteiger partial charge in [-0.05, 0) is 6.42 Å². The summed E-state index contributed by atoms with van der Waals surface area (Å²) >= 11 is 0. The second-order valence-corrected chi connectivity index (χ2v) is 14.8. The molecular weight excluding hydrogens is 596 g/mol. The van der Waals surface area contributed by atoms with Gasteiger partial charge in [0.1, 0.15) is 0 Å². The maximum Gasteiger partial charge on any atom is 0.490 e. The van der Waals surface area contributed by atoms with Crippen LogP contribution in [-0.2, 0) is 40.5 Å². The Kier molecular flexibility index (Phi) is 19.0. The van der Waals surface area contributed by atoms with Crippen molar-refractivity contribution in [2.45, 2.75) is 77.6 Å². The van der Waals surface area contributed by atoms with Gasteiger partial charge in [-0.2, -0.15) is 12.9 Å². The van der Waals surface area contributed by atoms with Crippen molar-refractivity contribution in [2.75, 3.05) is 33.0 Å². The smallest absolute Gasteiger partial charge is 0.396 e. The molecule has 230 valence electrons. The van der Waals surface area contributed by atoms with E-state index in [-0.39, 0.29) is 13.2 Å². The lowest BCUT2D eigenvalue weighted by molar-refractivity contribution is -0.0566. The predicted octanol–water partition coefficient (Wildman–Crippen LogP) is 3.75. The van der Waals surface area contributed by atoms with E-state index in [1.54, 1.807) is 0 Å². The molecule has 0 rings (SSSR count). The molecule has 3 unspecified atom stereocenters. The first-order chi connectivity index (χ1) is 17.5. The molecule has 0 aromatic rings. The van der Waals surface area contributed by atoms with Crippen LogP contribution in [0.4, 0.5) is 0 Å². The second kappa shape index (κ2) is 18.8. The third kappa shape index (κ3) is 20.3. The molecule has 0 bridgehead atoms. The lowest BCUT2D eigenvalue weighted by atomic mass is 9.93. The van der Waals surface area contributed by atoms with E-state index in [1.165, 1.54) is 44.9 Å². The van der Waals surface area contributed by atoms with E-state index in [4.69, 9.17) is 19.4 Å². The number of aliphatic hydroxyl groups is 2. The molecule has 0 aliphatic rings. The standard InChI is InChI=1S/C18H42O16P4/c1-2-3-4-5-6-7-8-9-10-11-12-13-30-16-18(14-19,15-20)17-31-36(24,25)33-38(28,29)34-37(26,27)32-35(21,22)23/h19-20H,2-17H2,1H3,(H,24,25)(H,26,27)(H,28,29)(H2,21,22,23). The zero-order valence-electron chi connectivity index (χ0n) is 21.4. The van der Waals surface area contributed by atoms with Gasteiger partial charge in [-0.3, -0.25) is 4.52 Å². The van der Waals surface area contributed by atoms with E-state index >= 15 is 0 Å². The van der Waals surface area contributed by atoms with Crippen LogP contribution in [0.1, 0.15) is 77.6 Å². The molecule has 0 heterocycles. The maximum absolute atomic E-state index is 12.0. The van der Waals surface area contributed by atoms with Crippen LogP contribution < -0.4 is 0 Å². The van der Waals surface area contributed by atoms with E-state index in [1.807, 2.05) is 0 Å². The summed E-state index contributed by atoms with van der Waals surface area (Å²) in [5, 5.41) is 19.3. The summed E-state index contributed by atoms with van der Waals surface area (Å²) in [5.41, 5.74) is -1.62. The highest BCUT2D eigenvalue weighted by molar-refractivity contribution is 7.69. The molecular formula is C18H42O16P4. The molecule has 0 saturated carbocycles. The average molecular weight is 638 g/mol. The average Bonchev–Trinajstić information content (AvgIpc) is 2.76. The summed E-state index contributed by atoms with van der Waals surface area (Å²) in [6.45, 7) is -0.330. The molecule has 0 aliphatic carbocycles. The largest absolute Gasteiger partial charge is 0.490 e.